The number of aliphatic carboxylic acids is 1. The van der Waals surface area contributed by atoms with Gasteiger partial charge in [0.1, 0.15) is 6.10 Å². The van der Waals surface area contributed by atoms with Crippen LogP contribution >= 0.6 is 0 Å². The van der Waals surface area contributed by atoms with Gasteiger partial charge < -0.3 is 14.8 Å². The third kappa shape index (κ3) is 5.96. The lowest BCUT2D eigenvalue weighted by atomic mass is 9.85. The van der Waals surface area contributed by atoms with Crippen LogP contribution in [-0.4, -0.2) is 47.3 Å². The molecule has 1 saturated carbocycles. The van der Waals surface area contributed by atoms with Crippen molar-refractivity contribution in [3.8, 4) is 40.0 Å². The summed E-state index contributed by atoms with van der Waals surface area (Å²) in [5.41, 5.74) is 1.73. The summed E-state index contributed by atoms with van der Waals surface area (Å²) in [6.07, 6.45) is 3.77. The van der Waals surface area contributed by atoms with Gasteiger partial charge in [-0.25, -0.2) is 9.97 Å². The molecule has 3 aromatic heterocycles. The molecular weight excluding hydrogens is 501 g/mol. The Balaban J connectivity index is 1.20. The highest BCUT2D eigenvalue weighted by atomic mass is 19.4. The smallest absolute Gasteiger partial charge is 0.416 e. The molecule has 3 heterocycles. The van der Waals surface area contributed by atoms with Gasteiger partial charge in [0.05, 0.1) is 11.3 Å². The van der Waals surface area contributed by atoms with Gasteiger partial charge in [0.2, 0.25) is 0 Å². The third-order valence-electron chi connectivity index (χ3n) is 6.46. The summed E-state index contributed by atoms with van der Waals surface area (Å²) in [5.74, 6) is 0.200. The van der Waals surface area contributed by atoms with Crippen LogP contribution < -0.4 is 4.74 Å². The van der Waals surface area contributed by atoms with Crippen molar-refractivity contribution in [3.63, 3.8) is 0 Å². The summed E-state index contributed by atoms with van der Waals surface area (Å²) in [7, 11) is 0. The van der Waals surface area contributed by atoms with Crippen LogP contribution in [0.5, 0.6) is 6.01 Å². The predicted octanol–water partition coefficient (Wildman–Crippen LogP) is 5.42. The SMILES string of the molecule is O=C(O)C[C@H]1CC[C@H](Oc2ncc(-c3ccc(-c4nnc(-c5ccc(C(F)(F)F)cc5)[nH]4)cn3)cn2)CC1. The number of H-pyrrole nitrogens is 1. The fourth-order valence-electron chi connectivity index (χ4n) is 4.40. The highest BCUT2D eigenvalue weighted by molar-refractivity contribution is 5.67. The Labute approximate surface area is 215 Å². The molecule has 1 aliphatic rings. The van der Waals surface area contributed by atoms with Gasteiger partial charge in [-0.2, -0.15) is 13.2 Å². The Kier molecular flexibility index (Phi) is 7.03. The van der Waals surface area contributed by atoms with Crippen LogP contribution in [0.3, 0.4) is 0 Å². The number of benzene rings is 1. The predicted molar refractivity (Wildman–Crippen MR) is 130 cm³/mol. The highest BCUT2D eigenvalue weighted by Crippen LogP contribution is 2.31. The molecule has 1 aliphatic carbocycles. The van der Waals surface area contributed by atoms with Crippen LogP contribution in [0, 0.1) is 5.92 Å². The lowest BCUT2D eigenvalue weighted by molar-refractivity contribution is -0.139. The van der Waals surface area contributed by atoms with Crippen molar-refractivity contribution in [2.24, 2.45) is 5.92 Å². The van der Waals surface area contributed by atoms with Crippen LogP contribution in [0.4, 0.5) is 13.2 Å². The number of carbonyl (C=O) groups is 1. The fourth-order valence-corrected chi connectivity index (χ4v) is 4.40. The first-order chi connectivity index (χ1) is 18.2. The van der Waals surface area contributed by atoms with E-state index in [1.807, 2.05) is 0 Å². The zero-order valence-electron chi connectivity index (χ0n) is 20.0. The van der Waals surface area contributed by atoms with E-state index in [0.717, 1.165) is 37.8 Å². The number of hydrogen-bond donors (Lipinski definition) is 2. The van der Waals surface area contributed by atoms with E-state index in [2.05, 4.69) is 30.1 Å². The summed E-state index contributed by atoms with van der Waals surface area (Å²) in [5, 5.41) is 17.1. The largest absolute Gasteiger partial charge is 0.481 e. The van der Waals surface area contributed by atoms with Crippen molar-refractivity contribution < 1.29 is 27.8 Å². The number of hydrogen-bond acceptors (Lipinski definition) is 7. The number of carboxylic acids is 1. The van der Waals surface area contributed by atoms with E-state index in [0.29, 0.717) is 34.0 Å². The summed E-state index contributed by atoms with van der Waals surface area (Å²) in [6, 6.07) is 8.51. The van der Waals surface area contributed by atoms with Crippen LogP contribution in [-0.2, 0) is 11.0 Å². The molecule has 0 unspecified atom stereocenters. The molecule has 0 atom stereocenters. The van der Waals surface area contributed by atoms with Crippen molar-refractivity contribution in [3.05, 3.63) is 60.6 Å². The number of nitrogens with zero attached hydrogens (tertiary/aromatic N) is 5. The van der Waals surface area contributed by atoms with Gasteiger partial charge in [-0.05, 0) is 55.9 Å². The zero-order valence-corrected chi connectivity index (χ0v) is 20.0. The first kappa shape index (κ1) is 25.3. The first-order valence-corrected chi connectivity index (χ1v) is 12.0. The average molecular weight is 525 g/mol. The van der Waals surface area contributed by atoms with Crippen LogP contribution in [0.25, 0.3) is 34.0 Å². The van der Waals surface area contributed by atoms with Gasteiger partial charge in [0, 0.05) is 41.7 Å². The Bertz CT molecular complexity index is 1380. The molecular formula is C26H23F3N6O3. The Morgan fingerprint density at radius 3 is 2.05 bits per heavy atom. The number of nitrogens with one attached hydrogen (secondary N) is 1. The van der Waals surface area contributed by atoms with Crippen molar-refractivity contribution in [2.75, 3.05) is 0 Å². The van der Waals surface area contributed by atoms with Crippen molar-refractivity contribution >= 4 is 5.97 Å². The van der Waals surface area contributed by atoms with Gasteiger partial charge >= 0.3 is 18.2 Å². The molecule has 0 spiro atoms. The van der Waals surface area contributed by atoms with E-state index in [9.17, 15) is 18.0 Å². The number of aromatic nitrogens is 6. The fraction of sp³-hybridized carbons (Fsp3) is 0.308. The molecule has 0 saturated heterocycles. The zero-order chi connectivity index (χ0) is 26.7. The average Bonchev–Trinajstić information content (AvgIpc) is 3.40. The van der Waals surface area contributed by atoms with Gasteiger partial charge in [-0.3, -0.25) is 9.78 Å². The maximum absolute atomic E-state index is 12.8. The number of ether oxygens (including phenoxy) is 1. The van der Waals surface area contributed by atoms with Gasteiger partial charge in [-0.15, -0.1) is 10.2 Å². The number of rotatable bonds is 7. The number of aromatic amines is 1. The molecule has 12 heteroatoms. The Morgan fingerprint density at radius 1 is 0.868 bits per heavy atom. The molecule has 0 aliphatic heterocycles. The number of halogens is 3. The second-order valence-corrected chi connectivity index (χ2v) is 9.14. The molecule has 1 aromatic carbocycles. The minimum Gasteiger partial charge on any atom is -0.481 e. The maximum atomic E-state index is 12.8. The summed E-state index contributed by atoms with van der Waals surface area (Å²) in [6.45, 7) is 0. The topological polar surface area (TPSA) is 127 Å². The van der Waals surface area contributed by atoms with Gasteiger partial charge in [0.25, 0.3) is 0 Å². The molecule has 1 fully saturated rings. The minimum atomic E-state index is -4.40. The van der Waals surface area contributed by atoms with E-state index in [1.54, 1.807) is 30.7 Å². The highest BCUT2D eigenvalue weighted by Gasteiger charge is 2.30. The minimum absolute atomic E-state index is 0.0299. The summed E-state index contributed by atoms with van der Waals surface area (Å²) >= 11 is 0. The maximum Gasteiger partial charge on any atom is 0.416 e. The quantitative estimate of drug-likeness (QED) is 0.328. The van der Waals surface area contributed by atoms with Crippen molar-refractivity contribution in [1.29, 1.82) is 0 Å². The van der Waals surface area contributed by atoms with Crippen LogP contribution in [0.15, 0.2) is 55.0 Å². The molecule has 5 rings (SSSR count). The number of pyridine rings is 1. The van der Waals surface area contributed by atoms with Crippen LogP contribution in [0.2, 0.25) is 0 Å². The van der Waals surface area contributed by atoms with E-state index < -0.39 is 17.7 Å². The first-order valence-electron chi connectivity index (χ1n) is 12.0. The Morgan fingerprint density at radius 2 is 1.47 bits per heavy atom. The summed E-state index contributed by atoms with van der Waals surface area (Å²) < 4.78 is 44.2. The van der Waals surface area contributed by atoms with Gasteiger partial charge in [-0.1, -0.05) is 12.1 Å². The molecule has 0 radical (unpaired) electrons. The monoisotopic (exact) mass is 524 g/mol. The van der Waals surface area contributed by atoms with E-state index >= 15 is 0 Å². The molecule has 2 N–H and O–H groups in total. The second kappa shape index (κ2) is 10.6. The molecule has 38 heavy (non-hydrogen) atoms. The van der Waals surface area contributed by atoms with E-state index in [-0.39, 0.29) is 24.5 Å². The number of alkyl halides is 3. The molecule has 0 amide bonds. The van der Waals surface area contributed by atoms with Gasteiger partial charge in [0.15, 0.2) is 11.6 Å². The molecule has 9 nitrogen and oxygen atoms in total. The molecule has 0 bridgehead atoms. The lowest BCUT2D eigenvalue weighted by Gasteiger charge is -2.27. The normalized spacial score (nSPS) is 17.8. The second-order valence-electron chi connectivity index (χ2n) is 9.14. The molecule has 196 valence electrons. The summed E-state index contributed by atoms with van der Waals surface area (Å²) in [4.78, 5) is 26.9. The van der Waals surface area contributed by atoms with Crippen LogP contribution in [0.1, 0.15) is 37.7 Å². The Hall–Kier alpha value is -4.35. The van der Waals surface area contributed by atoms with E-state index in [4.69, 9.17) is 9.84 Å². The lowest BCUT2D eigenvalue weighted by Crippen LogP contribution is -2.25. The van der Waals surface area contributed by atoms with Crippen molar-refractivity contribution in [2.45, 2.75) is 44.4 Å². The number of carboxylic acid groups (broad SMARTS) is 1. The molecule has 4 aromatic rings. The third-order valence-corrected chi connectivity index (χ3v) is 6.46. The van der Waals surface area contributed by atoms with Crippen molar-refractivity contribution in [1.82, 2.24) is 30.1 Å². The standard InChI is InChI=1S/C26H23F3N6O3/c27-26(28,29)19-6-3-16(4-7-19)23-33-24(35-34-23)17-5-10-21(30-12-17)18-13-31-25(32-14-18)38-20-8-1-15(2-9-20)11-22(36)37/h3-7,10,12-15,20H,1-2,8-9,11H2,(H,36,37)(H,33,34,35)/t15-,20-. The van der Waals surface area contributed by atoms with E-state index in [1.165, 1.54) is 12.1 Å².